The van der Waals surface area contributed by atoms with Crippen LogP contribution in [0.5, 0.6) is 0 Å². The molecule has 1 fully saturated rings. The van der Waals surface area contributed by atoms with Gasteiger partial charge < -0.3 is 0 Å². The number of piperidine rings is 1. The van der Waals surface area contributed by atoms with Crippen LogP contribution in [0, 0.1) is 5.82 Å². The Morgan fingerprint density at radius 1 is 1.30 bits per heavy atom. The smallest absolute Gasteiger partial charge is 0.128 e. The van der Waals surface area contributed by atoms with Crippen LogP contribution in [0.1, 0.15) is 51.1 Å². The molecule has 0 aromatic heterocycles. The van der Waals surface area contributed by atoms with Gasteiger partial charge in [-0.1, -0.05) is 31.5 Å². The highest BCUT2D eigenvalue weighted by molar-refractivity contribution is 5.25. The van der Waals surface area contributed by atoms with Gasteiger partial charge in [0.15, 0.2) is 0 Å². The van der Waals surface area contributed by atoms with E-state index in [1.165, 1.54) is 25.3 Å². The largest absolute Gasteiger partial charge is 0.296 e. The second-order valence-electron chi connectivity index (χ2n) is 5.88. The summed E-state index contributed by atoms with van der Waals surface area (Å²) in [5.41, 5.74) is 3.35. The first kappa shape index (κ1) is 15.4. The van der Waals surface area contributed by atoms with Crippen molar-refractivity contribution in [2.45, 2.75) is 51.1 Å². The monoisotopic (exact) mass is 279 g/mol. The number of hydrazine groups is 1. The maximum atomic E-state index is 14.1. The molecule has 0 amide bonds. The average Bonchev–Trinajstić information content (AvgIpc) is 2.50. The molecule has 3 nitrogen and oxygen atoms in total. The van der Waals surface area contributed by atoms with Crippen molar-refractivity contribution in [1.29, 1.82) is 0 Å². The molecule has 0 saturated carbocycles. The maximum Gasteiger partial charge on any atom is 0.128 e. The van der Waals surface area contributed by atoms with Gasteiger partial charge in [0.25, 0.3) is 0 Å². The van der Waals surface area contributed by atoms with Gasteiger partial charge >= 0.3 is 0 Å². The van der Waals surface area contributed by atoms with Crippen LogP contribution in [-0.2, 0) is 0 Å². The maximum absolute atomic E-state index is 14.1. The van der Waals surface area contributed by atoms with Crippen LogP contribution in [0.25, 0.3) is 0 Å². The minimum atomic E-state index is -0.202. The lowest BCUT2D eigenvalue weighted by Crippen LogP contribution is -2.57. The third-order valence-electron chi connectivity index (χ3n) is 4.80. The zero-order valence-electron chi connectivity index (χ0n) is 12.5. The van der Waals surface area contributed by atoms with E-state index >= 15 is 0 Å². The molecule has 1 aliphatic rings. The number of likely N-dealkylation sites (tertiary alicyclic amines) is 1. The third kappa shape index (κ3) is 2.87. The molecule has 0 bridgehead atoms. The van der Waals surface area contributed by atoms with Gasteiger partial charge in [-0.15, -0.1) is 0 Å². The molecule has 0 radical (unpaired) electrons. The number of nitrogens with zero attached hydrogens (tertiary/aromatic N) is 1. The number of nitrogens with two attached hydrogens (primary N) is 1. The minimum absolute atomic E-state index is 0.169. The van der Waals surface area contributed by atoms with E-state index in [4.69, 9.17) is 5.84 Å². The zero-order chi connectivity index (χ0) is 14.6. The normalized spacial score (nSPS) is 21.4. The minimum Gasteiger partial charge on any atom is -0.296 e. The highest BCUT2D eigenvalue weighted by Gasteiger charge is 2.40. The van der Waals surface area contributed by atoms with Crippen molar-refractivity contribution in [1.82, 2.24) is 10.3 Å². The summed E-state index contributed by atoms with van der Waals surface area (Å²) in [6.07, 6.45) is 4.64. The first-order chi connectivity index (χ1) is 9.63. The number of halogens is 1. The first-order valence-corrected chi connectivity index (χ1v) is 7.59. The van der Waals surface area contributed by atoms with Crippen LogP contribution in [0.4, 0.5) is 4.39 Å². The lowest BCUT2D eigenvalue weighted by Gasteiger charge is -2.48. The Kier molecular flexibility index (Phi) is 5.13. The highest BCUT2D eigenvalue weighted by Crippen LogP contribution is 2.36. The molecule has 0 aliphatic carbocycles. The SMILES string of the molecule is CCC(C)(C(NN)c1ccccc1F)N1CCCCC1. The molecule has 4 heteroatoms. The molecular weight excluding hydrogens is 253 g/mol. The van der Waals surface area contributed by atoms with E-state index in [2.05, 4.69) is 24.2 Å². The van der Waals surface area contributed by atoms with Gasteiger partial charge in [-0.25, -0.2) is 4.39 Å². The fraction of sp³-hybridized carbons (Fsp3) is 0.625. The Morgan fingerprint density at radius 2 is 1.95 bits per heavy atom. The fourth-order valence-corrected chi connectivity index (χ4v) is 3.33. The molecule has 2 unspecified atom stereocenters. The Morgan fingerprint density at radius 3 is 2.50 bits per heavy atom. The molecular formula is C16H26FN3. The van der Waals surface area contributed by atoms with Crippen LogP contribution in [0.2, 0.25) is 0 Å². The van der Waals surface area contributed by atoms with E-state index < -0.39 is 0 Å². The molecule has 1 heterocycles. The fourth-order valence-electron chi connectivity index (χ4n) is 3.33. The van der Waals surface area contributed by atoms with Gasteiger partial charge in [0, 0.05) is 11.1 Å². The summed E-state index contributed by atoms with van der Waals surface area (Å²) in [6.45, 7) is 6.48. The van der Waals surface area contributed by atoms with E-state index in [0.29, 0.717) is 5.56 Å². The standard InChI is InChI=1S/C16H26FN3/c1-3-16(2,20-11-7-4-8-12-20)15(19-18)13-9-5-6-10-14(13)17/h5-6,9-10,15,19H,3-4,7-8,11-12,18H2,1-2H3. The number of nitrogens with one attached hydrogen (secondary N) is 1. The van der Waals surface area contributed by atoms with E-state index in [-0.39, 0.29) is 17.4 Å². The second kappa shape index (κ2) is 6.66. The average molecular weight is 279 g/mol. The Bertz CT molecular complexity index is 431. The molecule has 112 valence electrons. The number of hydrogen-bond acceptors (Lipinski definition) is 3. The van der Waals surface area contributed by atoms with Gasteiger partial charge in [0.2, 0.25) is 0 Å². The summed E-state index contributed by atoms with van der Waals surface area (Å²) >= 11 is 0. The predicted octanol–water partition coefficient (Wildman–Crippen LogP) is 2.98. The van der Waals surface area contributed by atoms with Crippen molar-refractivity contribution in [3.05, 3.63) is 35.6 Å². The molecule has 1 aromatic carbocycles. The van der Waals surface area contributed by atoms with E-state index in [1.54, 1.807) is 6.07 Å². The lowest BCUT2D eigenvalue weighted by molar-refractivity contribution is 0.0413. The van der Waals surface area contributed by atoms with Crippen LogP contribution in [0.15, 0.2) is 24.3 Å². The summed E-state index contributed by atoms with van der Waals surface area (Å²) in [6, 6.07) is 6.72. The van der Waals surface area contributed by atoms with Crippen molar-refractivity contribution in [2.75, 3.05) is 13.1 Å². The van der Waals surface area contributed by atoms with Gasteiger partial charge in [-0.05, 0) is 45.3 Å². The molecule has 3 N–H and O–H groups in total. The van der Waals surface area contributed by atoms with Gasteiger partial charge in [-0.2, -0.15) is 0 Å². The number of hydrogen-bond donors (Lipinski definition) is 2. The van der Waals surface area contributed by atoms with Crippen molar-refractivity contribution in [3.63, 3.8) is 0 Å². The summed E-state index contributed by atoms with van der Waals surface area (Å²) in [5.74, 6) is 5.61. The van der Waals surface area contributed by atoms with Crippen molar-refractivity contribution >= 4 is 0 Å². The predicted molar refractivity (Wildman–Crippen MR) is 80.6 cm³/mol. The van der Waals surface area contributed by atoms with Gasteiger partial charge in [0.1, 0.15) is 5.82 Å². The van der Waals surface area contributed by atoms with Crippen LogP contribution in [-0.4, -0.2) is 23.5 Å². The van der Waals surface area contributed by atoms with Crippen LogP contribution >= 0.6 is 0 Å². The molecule has 1 aromatic rings. The van der Waals surface area contributed by atoms with Crippen molar-refractivity contribution < 1.29 is 4.39 Å². The number of benzene rings is 1. The quantitative estimate of drug-likeness (QED) is 0.643. The van der Waals surface area contributed by atoms with E-state index in [1.807, 2.05) is 12.1 Å². The highest BCUT2D eigenvalue weighted by atomic mass is 19.1. The summed E-state index contributed by atoms with van der Waals surface area (Å²) < 4.78 is 14.1. The first-order valence-electron chi connectivity index (χ1n) is 7.59. The molecule has 2 rings (SSSR count). The summed E-state index contributed by atoms with van der Waals surface area (Å²) in [5, 5.41) is 0. The second-order valence-corrected chi connectivity index (χ2v) is 5.88. The lowest BCUT2D eigenvalue weighted by atomic mass is 9.82. The molecule has 1 saturated heterocycles. The Labute approximate surface area is 121 Å². The van der Waals surface area contributed by atoms with Crippen molar-refractivity contribution in [2.24, 2.45) is 5.84 Å². The molecule has 1 aliphatic heterocycles. The summed E-state index contributed by atoms with van der Waals surface area (Å²) in [7, 11) is 0. The Balaban J connectivity index is 2.33. The van der Waals surface area contributed by atoms with E-state index in [0.717, 1.165) is 19.5 Å². The Hall–Kier alpha value is -0.970. The van der Waals surface area contributed by atoms with Gasteiger partial charge in [-0.3, -0.25) is 16.2 Å². The van der Waals surface area contributed by atoms with Crippen LogP contribution in [0.3, 0.4) is 0 Å². The van der Waals surface area contributed by atoms with Gasteiger partial charge in [0.05, 0.1) is 6.04 Å². The molecule has 0 spiro atoms. The topological polar surface area (TPSA) is 41.3 Å². The van der Waals surface area contributed by atoms with Crippen LogP contribution < -0.4 is 11.3 Å². The molecule has 20 heavy (non-hydrogen) atoms. The van der Waals surface area contributed by atoms with Crippen molar-refractivity contribution in [3.8, 4) is 0 Å². The molecule has 2 atom stereocenters. The zero-order valence-corrected chi connectivity index (χ0v) is 12.5. The summed E-state index contributed by atoms with van der Waals surface area (Å²) in [4.78, 5) is 2.47. The number of rotatable bonds is 5. The third-order valence-corrected chi connectivity index (χ3v) is 4.80. The van der Waals surface area contributed by atoms with E-state index in [9.17, 15) is 4.39 Å².